The van der Waals surface area contributed by atoms with Gasteiger partial charge in [-0.1, -0.05) is 12.1 Å². The van der Waals surface area contributed by atoms with Gasteiger partial charge in [0.05, 0.1) is 17.4 Å². The van der Waals surface area contributed by atoms with Crippen LogP contribution in [0.15, 0.2) is 36.7 Å². The second kappa shape index (κ2) is 4.14. The highest BCUT2D eigenvalue weighted by Gasteiger charge is 2.16. The summed E-state index contributed by atoms with van der Waals surface area (Å²) >= 11 is 0. The molecule has 5 heteroatoms. The third-order valence-corrected chi connectivity index (χ3v) is 2.26. The maximum absolute atomic E-state index is 13.4. The van der Waals surface area contributed by atoms with Crippen molar-refractivity contribution < 1.29 is 9.18 Å². The Hall–Kier alpha value is -2.17. The SMILES string of the molecule is CN(C(=O)c1cn[nH]c1)c1ccccc1F. The van der Waals surface area contributed by atoms with E-state index in [1.54, 1.807) is 18.2 Å². The third kappa shape index (κ3) is 1.79. The monoisotopic (exact) mass is 219 g/mol. The van der Waals surface area contributed by atoms with Crippen LogP contribution in [0.3, 0.4) is 0 Å². The molecule has 1 aromatic heterocycles. The number of H-pyrrole nitrogens is 1. The van der Waals surface area contributed by atoms with Gasteiger partial charge in [0.15, 0.2) is 0 Å². The number of halogens is 1. The van der Waals surface area contributed by atoms with Crippen molar-refractivity contribution >= 4 is 11.6 Å². The molecule has 82 valence electrons. The van der Waals surface area contributed by atoms with E-state index in [4.69, 9.17) is 0 Å². The predicted molar refractivity (Wildman–Crippen MR) is 57.7 cm³/mol. The first kappa shape index (κ1) is 10.4. The lowest BCUT2D eigenvalue weighted by Crippen LogP contribution is -2.26. The Labute approximate surface area is 91.7 Å². The van der Waals surface area contributed by atoms with Crippen LogP contribution in [0.5, 0.6) is 0 Å². The highest BCUT2D eigenvalue weighted by molar-refractivity contribution is 6.05. The molecule has 1 aromatic carbocycles. The molecular formula is C11H10FN3O. The second-order valence-corrected chi connectivity index (χ2v) is 3.30. The number of anilines is 1. The molecule has 4 nitrogen and oxygen atoms in total. The first-order valence-electron chi connectivity index (χ1n) is 4.71. The van der Waals surface area contributed by atoms with E-state index in [1.807, 2.05) is 0 Å². The molecule has 0 saturated heterocycles. The van der Waals surface area contributed by atoms with E-state index < -0.39 is 5.82 Å². The first-order valence-corrected chi connectivity index (χ1v) is 4.71. The molecule has 2 aromatic rings. The highest BCUT2D eigenvalue weighted by Crippen LogP contribution is 2.18. The topological polar surface area (TPSA) is 49.0 Å². The maximum atomic E-state index is 13.4. The molecule has 1 amide bonds. The van der Waals surface area contributed by atoms with Crippen molar-refractivity contribution in [3.63, 3.8) is 0 Å². The molecule has 0 atom stereocenters. The molecular weight excluding hydrogens is 209 g/mol. The summed E-state index contributed by atoms with van der Waals surface area (Å²) in [5.41, 5.74) is 0.638. The average molecular weight is 219 g/mol. The van der Waals surface area contributed by atoms with Gasteiger partial charge in [-0.05, 0) is 12.1 Å². The molecule has 0 aliphatic heterocycles. The van der Waals surface area contributed by atoms with Crippen molar-refractivity contribution in [2.75, 3.05) is 11.9 Å². The number of nitrogens with one attached hydrogen (secondary N) is 1. The van der Waals surface area contributed by atoms with Crippen molar-refractivity contribution in [2.24, 2.45) is 0 Å². The van der Waals surface area contributed by atoms with E-state index >= 15 is 0 Å². The number of aromatic amines is 1. The normalized spacial score (nSPS) is 10.1. The van der Waals surface area contributed by atoms with Crippen LogP contribution in [0.25, 0.3) is 0 Å². The molecule has 2 rings (SSSR count). The lowest BCUT2D eigenvalue weighted by Gasteiger charge is -2.16. The Balaban J connectivity index is 2.30. The summed E-state index contributed by atoms with van der Waals surface area (Å²) in [5, 5.41) is 6.22. The van der Waals surface area contributed by atoms with E-state index in [2.05, 4.69) is 10.2 Å². The predicted octanol–water partition coefficient (Wildman–Crippen LogP) is 1.83. The van der Waals surface area contributed by atoms with Crippen LogP contribution < -0.4 is 4.90 Å². The molecule has 0 unspecified atom stereocenters. The van der Waals surface area contributed by atoms with Gasteiger partial charge in [0.2, 0.25) is 0 Å². The first-order chi connectivity index (χ1) is 7.70. The van der Waals surface area contributed by atoms with Crippen molar-refractivity contribution in [3.8, 4) is 0 Å². The fraction of sp³-hybridized carbons (Fsp3) is 0.0909. The molecule has 0 aliphatic rings. The lowest BCUT2D eigenvalue weighted by atomic mass is 10.2. The minimum atomic E-state index is -0.429. The Morgan fingerprint density at radius 3 is 2.81 bits per heavy atom. The molecule has 0 saturated carbocycles. The van der Waals surface area contributed by atoms with Crippen LogP contribution in [0.2, 0.25) is 0 Å². The minimum absolute atomic E-state index is 0.244. The van der Waals surface area contributed by atoms with E-state index in [0.717, 1.165) is 0 Å². The van der Waals surface area contributed by atoms with Gasteiger partial charge in [0, 0.05) is 13.2 Å². The number of aromatic nitrogens is 2. The lowest BCUT2D eigenvalue weighted by molar-refractivity contribution is 0.0992. The molecule has 0 bridgehead atoms. The van der Waals surface area contributed by atoms with Crippen molar-refractivity contribution in [1.82, 2.24) is 10.2 Å². The van der Waals surface area contributed by atoms with Crippen LogP contribution in [0, 0.1) is 5.82 Å². The molecule has 0 radical (unpaired) electrons. The number of hydrogen-bond acceptors (Lipinski definition) is 2. The Morgan fingerprint density at radius 1 is 1.44 bits per heavy atom. The van der Waals surface area contributed by atoms with Gasteiger partial charge in [-0.25, -0.2) is 4.39 Å². The van der Waals surface area contributed by atoms with Crippen LogP contribution >= 0.6 is 0 Å². The van der Waals surface area contributed by atoms with Crippen LogP contribution in [-0.2, 0) is 0 Å². The molecule has 1 heterocycles. The Morgan fingerprint density at radius 2 is 2.19 bits per heavy atom. The van der Waals surface area contributed by atoms with Gasteiger partial charge in [-0.3, -0.25) is 9.89 Å². The minimum Gasteiger partial charge on any atom is -0.309 e. The number of amides is 1. The summed E-state index contributed by atoms with van der Waals surface area (Å²) < 4.78 is 13.4. The van der Waals surface area contributed by atoms with E-state index in [1.165, 1.54) is 30.4 Å². The van der Waals surface area contributed by atoms with Gasteiger partial charge >= 0.3 is 0 Å². The number of carbonyl (C=O) groups is 1. The largest absolute Gasteiger partial charge is 0.309 e. The quantitative estimate of drug-likeness (QED) is 0.837. The van der Waals surface area contributed by atoms with Gasteiger partial charge in [-0.2, -0.15) is 5.10 Å². The highest BCUT2D eigenvalue weighted by atomic mass is 19.1. The molecule has 0 aliphatic carbocycles. The van der Waals surface area contributed by atoms with Crippen molar-refractivity contribution in [1.29, 1.82) is 0 Å². The summed E-state index contributed by atoms with van der Waals surface area (Å²) in [6.07, 6.45) is 2.87. The Bertz CT molecular complexity index is 496. The van der Waals surface area contributed by atoms with Crippen LogP contribution in [0.4, 0.5) is 10.1 Å². The van der Waals surface area contributed by atoms with Gasteiger partial charge < -0.3 is 4.90 Å². The second-order valence-electron chi connectivity index (χ2n) is 3.30. The fourth-order valence-electron chi connectivity index (χ4n) is 1.39. The number of hydrogen-bond donors (Lipinski definition) is 1. The smallest absolute Gasteiger partial charge is 0.261 e. The van der Waals surface area contributed by atoms with Gasteiger partial charge in [0.25, 0.3) is 5.91 Å². The number of carbonyl (C=O) groups excluding carboxylic acids is 1. The third-order valence-electron chi connectivity index (χ3n) is 2.26. The fourth-order valence-corrected chi connectivity index (χ4v) is 1.39. The van der Waals surface area contributed by atoms with Gasteiger partial charge in [-0.15, -0.1) is 0 Å². The average Bonchev–Trinajstić information content (AvgIpc) is 2.81. The van der Waals surface area contributed by atoms with E-state index in [9.17, 15) is 9.18 Å². The number of rotatable bonds is 2. The van der Waals surface area contributed by atoms with Gasteiger partial charge in [0.1, 0.15) is 5.82 Å². The standard InChI is InChI=1S/C11H10FN3O/c1-15(10-5-3-2-4-9(10)12)11(16)8-6-13-14-7-8/h2-7H,1H3,(H,13,14). The zero-order valence-corrected chi connectivity index (χ0v) is 8.64. The molecule has 0 fully saturated rings. The number of benzene rings is 1. The van der Waals surface area contributed by atoms with E-state index in [0.29, 0.717) is 5.56 Å². The van der Waals surface area contributed by atoms with Crippen LogP contribution in [-0.4, -0.2) is 23.2 Å². The molecule has 0 spiro atoms. The van der Waals surface area contributed by atoms with Crippen molar-refractivity contribution in [2.45, 2.75) is 0 Å². The summed E-state index contributed by atoms with van der Waals surface area (Å²) in [4.78, 5) is 13.1. The summed E-state index contributed by atoms with van der Waals surface area (Å²) in [6, 6.07) is 6.12. The number of para-hydroxylation sites is 1. The van der Waals surface area contributed by atoms with Crippen molar-refractivity contribution in [3.05, 3.63) is 48.0 Å². The summed E-state index contributed by atoms with van der Waals surface area (Å²) in [5.74, 6) is -0.735. The summed E-state index contributed by atoms with van der Waals surface area (Å²) in [6.45, 7) is 0. The molecule has 16 heavy (non-hydrogen) atoms. The summed E-state index contributed by atoms with van der Waals surface area (Å²) in [7, 11) is 1.52. The zero-order valence-electron chi connectivity index (χ0n) is 8.64. The molecule has 1 N–H and O–H groups in total. The van der Waals surface area contributed by atoms with Crippen LogP contribution in [0.1, 0.15) is 10.4 Å². The zero-order chi connectivity index (χ0) is 11.5. The maximum Gasteiger partial charge on any atom is 0.261 e. The Kier molecular flexibility index (Phi) is 2.68. The number of nitrogens with zero attached hydrogens (tertiary/aromatic N) is 2. The van der Waals surface area contributed by atoms with E-state index in [-0.39, 0.29) is 11.6 Å².